The Bertz CT molecular complexity index is 688. The van der Waals surface area contributed by atoms with Crippen LogP contribution in [0.1, 0.15) is 44.9 Å². The molecule has 2 fully saturated rings. The van der Waals surface area contributed by atoms with Gasteiger partial charge in [0, 0.05) is 18.7 Å². The molecule has 2 saturated carbocycles. The minimum absolute atomic E-state index is 0.0465. The zero-order valence-corrected chi connectivity index (χ0v) is 12.9. The highest BCUT2D eigenvalue weighted by Gasteiger charge is 2.31. The molecule has 2 unspecified atom stereocenters. The summed E-state index contributed by atoms with van der Waals surface area (Å²) in [6, 6.07) is 8.90. The normalized spacial score (nSPS) is 27.4. The topological polar surface area (TPSA) is 38.3 Å². The molecule has 22 heavy (non-hydrogen) atoms. The van der Waals surface area contributed by atoms with E-state index in [4.69, 9.17) is 4.74 Å². The molecule has 0 amide bonds. The minimum atomic E-state index is 0.0465. The van der Waals surface area contributed by atoms with Crippen LogP contribution < -0.4 is 15.8 Å². The van der Waals surface area contributed by atoms with E-state index in [1.165, 1.54) is 28.9 Å². The lowest BCUT2D eigenvalue weighted by molar-refractivity contribution is -0.154. The molecule has 2 atom stereocenters. The summed E-state index contributed by atoms with van der Waals surface area (Å²) in [6.45, 7) is 0. The third-order valence-corrected chi connectivity index (χ3v) is 5.36. The maximum Gasteiger partial charge on any atom is 0.309 e. The van der Waals surface area contributed by atoms with Gasteiger partial charge >= 0.3 is 5.97 Å². The van der Waals surface area contributed by atoms with Crippen molar-refractivity contribution in [2.45, 2.75) is 57.1 Å². The van der Waals surface area contributed by atoms with Crippen LogP contribution in [-0.4, -0.2) is 18.1 Å². The smallest absolute Gasteiger partial charge is 0.309 e. The number of carbonyl (C=O) groups excluding carboxylic acids is 1. The standard InChI is InChI=1S/C19H23NO2/c21-19(13-5-1-2-6-13)22-15-9-10-18-17(11-15)16-8-4-3-7-14(16)12-20-18/h3-4,7-8,12-13,15,18,20H,1-2,5-6,9-11H2. The van der Waals surface area contributed by atoms with Gasteiger partial charge in [0.2, 0.25) is 0 Å². The number of nitrogens with one attached hydrogen (secondary N) is 1. The Morgan fingerprint density at radius 3 is 2.77 bits per heavy atom. The quantitative estimate of drug-likeness (QED) is 0.847. The van der Waals surface area contributed by atoms with E-state index >= 15 is 0 Å². The summed E-state index contributed by atoms with van der Waals surface area (Å²) < 4.78 is 5.84. The molecule has 0 aromatic heterocycles. The highest BCUT2D eigenvalue weighted by Crippen LogP contribution is 2.30. The van der Waals surface area contributed by atoms with E-state index in [0.29, 0.717) is 6.04 Å². The van der Waals surface area contributed by atoms with Gasteiger partial charge < -0.3 is 10.1 Å². The van der Waals surface area contributed by atoms with Crippen molar-refractivity contribution >= 4 is 17.7 Å². The van der Waals surface area contributed by atoms with Crippen molar-refractivity contribution in [1.82, 2.24) is 5.32 Å². The fourth-order valence-corrected chi connectivity index (χ4v) is 4.13. The van der Waals surface area contributed by atoms with E-state index in [0.717, 1.165) is 32.1 Å². The second-order valence-corrected chi connectivity index (χ2v) is 6.80. The van der Waals surface area contributed by atoms with Gasteiger partial charge in [-0.05, 0) is 41.7 Å². The van der Waals surface area contributed by atoms with Crippen molar-refractivity contribution in [2.75, 3.05) is 0 Å². The predicted octanol–water partition coefficient (Wildman–Crippen LogP) is 1.83. The van der Waals surface area contributed by atoms with Gasteiger partial charge in [-0.1, -0.05) is 37.1 Å². The first-order valence-corrected chi connectivity index (χ1v) is 8.56. The van der Waals surface area contributed by atoms with Crippen molar-refractivity contribution in [3.63, 3.8) is 0 Å². The summed E-state index contributed by atoms with van der Waals surface area (Å²) in [5.41, 5.74) is 1.41. The van der Waals surface area contributed by atoms with E-state index < -0.39 is 0 Å². The number of rotatable bonds is 2. The Morgan fingerprint density at radius 1 is 1.09 bits per heavy atom. The summed E-state index contributed by atoms with van der Waals surface area (Å²) in [6.07, 6.45) is 9.46. The molecule has 3 aliphatic rings. The van der Waals surface area contributed by atoms with Crippen LogP contribution in [0.15, 0.2) is 24.3 Å². The minimum Gasteiger partial charge on any atom is -0.462 e. The molecule has 3 nitrogen and oxygen atoms in total. The maximum atomic E-state index is 12.3. The molecule has 0 radical (unpaired) electrons. The Hall–Kier alpha value is -1.77. The Morgan fingerprint density at radius 2 is 1.91 bits per heavy atom. The SMILES string of the molecule is O=C(OC1CCC2NC=c3ccccc3=C2C1)C1CCCC1. The van der Waals surface area contributed by atoms with E-state index in [1.807, 2.05) is 0 Å². The molecule has 1 aromatic carbocycles. The monoisotopic (exact) mass is 297 g/mol. The zero-order chi connectivity index (χ0) is 14.9. The van der Waals surface area contributed by atoms with Gasteiger partial charge in [0.05, 0.1) is 5.92 Å². The van der Waals surface area contributed by atoms with Crippen LogP contribution in [0.2, 0.25) is 0 Å². The van der Waals surface area contributed by atoms with Crippen molar-refractivity contribution in [3.8, 4) is 0 Å². The number of hydrogen-bond acceptors (Lipinski definition) is 3. The summed E-state index contributed by atoms with van der Waals surface area (Å²) in [5, 5.41) is 6.08. The Kier molecular flexibility index (Phi) is 3.65. The van der Waals surface area contributed by atoms with E-state index in [9.17, 15) is 4.79 Å². The molecule has 1 heterocycles. The molecule has 1 aliphatic heterocycles. The Balaban J connectivity index is 1.54. The molecule has 3 heteroatoms. The molecular weight excluding hydrogens is 274 g/mol. The van der Waals surface area contributed by atoms with Crippen LogP contribution in [0.4, 0.5) is 0 Å². The van der Waals surface area contributed by atoms with Crippen molar-refractivity contribution < 1.29 is 9.53 Å². The highest BCUT2D eigenvalue weighted by atomic mass is 16.5. The molecule has 0 bridgehead atoms. The molecule has 2 aliphatic carbocycles. The van der Waals surface area contributed by atoms with Crippen LogP contribution in [0.3, 0.4) is 0 Å². The van der Waals surface area contributed by atoms with E-state index in [1.54, 1.807) is 0 Å². The summed E-state index contributed by atoms with van der Waals surface area (Å²) in [5.74, 6) is 0.206. The second-order valence-electron chi connectivity index (χ2n) is 6.80. The van der Waals surface area contributed by atoms with Crippen molar-refractivity contribution in [1.29, 1.82) is 0 Å². The number of ether oxygens (including phenoxy) is 1. The first-order chi connectivity index (χ1) is 10.8. The fourth-order valence-electron chi connectivity index (χ4n) is 4.13. The van der Waals surface area contributed by atoms with Crippen LogP contribution in [0.25, 0.3) is 11.8 Å². The largest absolute Gasteiger partial charge is 0.462 e. The van der Waals surface area contributed by atoms with Crippen LogP contribution in [0, 0.1) is 5.92 Å². The number of carbonyl (C=O) groups is 1. The van der Waals surface area contributed by atoms with Gasteiger partial charge in [-0.25, -0.2) is 0 Å². The average molecular weight is 297 g/mol. The van der Waals surface area contributed by atoms with E-state index in [2.05, 4.69) is 35.8 Å². The van der Waals surface area contributed by atoms with Gasteiger partial charge in [0.15, 0.2) is 0 Å². The fraction of sp³-hybridized carbons (Fsp3) is 0.526. The molecular formula is C19H23NO2. The number of hydrogen-bond donors (Lipinski definition) is 1. The van der Waals surface area contributed by atoms with Crippen LogP contribution in [0.5, 0.6) is 0 Å². The molecule has 0 spiro atoms. The predicted molar refractivity (Wildman–Crippen MR) is 86.2 cm³/mol. The number of esters is 1. The molecule has 116 valence electrons. The van der Waals surface area contributed by atoms with Crippen LogP contribution in [-0.2, 0) is 9.53 Å². The first kappa shape index (κ1) is 13.9. The van der Waals surface area contributed by atoms with Gasteiger partial charge in [-0.15, -0.1) is 0 Å². The summed E-state index contributed by atoms with van der Waals surface area (Å²) >= 11 is 0. The first-order valence-electron chi connectivity index (χ1n) is 8.56. The molecule has 4 rings (SSSR count). The second kappa shape index (κ2) is 5.79. The Labute approximate surface area is 131 Å². The molecule has 1 aromatic rings. The number of benzene rings is 1. The lowest BCUT2D eigenvalue weighted by Gasteiger charge is -2.33. The van der Waals surface area contributed by atoms with Gasteiger partial charge in [-0.2, -0.15) is 0 Å². The third kappa shape index (κ3) is 2.53. The van der Waals surface area contributed by atoms with Crippen molar-refractivity contribution in [3.05, 3.63) is 34.7 Å². The van der Waals surface area contributed by atoms with Crippen LogP contribution >= 0.6 is 0 Å². The van der Waals surface area contributed by atoms with Crippen molar-refractivity contribution in [2.24, 2.45) is 5.92 Å². The molecule has 1 N–H and O–H groups in total. The average Bonchev–Trinajstić information content (AvgIpc) is 3.09. The lowest BCUT2D eigenvalue weighted by Crippen LogP contribution is -2.46. The number of fused-ring (bicyclic) bond motifs is 2. The third-order valence-electron chi connectivity index (χ3n) is 5.36. The lowest BCUT2D eigenvalue weighted by atomic mass is 9.85. The van der Waals surface area contributed by atoms with Gasteiger partial charge in [0.25, 0.3) is 0 Å². The van der Waals surface area contributed by atoms with Gasteiger partial charge in [-0.3, -0.25) is 4.79 Å². The molecule has 0 saturated heterocycles. The summed E-state index contributed by atoms with van der Waals surface area (Å²) in [7, 11) is 0. The van der Waals surface area contributed by atoms with E-state index in [-0.39, 0.29) is 18.0 Å². The van der Waals surface area contributed by atoms with Gasteiger partial charge in [0.1, 0.15) is 6.10 Å². The summed E-state index contributed by atoms with van der Waals surface area (Å²) in [4.78, 5) is 12.3. The maximum absolute atomic E-state index is 12.3. The highest BCUT2D eigenvalue weighted by molar-refractivity contribution is 5.73. The zero-order valence-electron chi connectivity index (χ0n) is 12.9.